The molecule has 32 valence electrons. The molecule has 0 bridgehead atoms. The Kier molecular flexibility index (Phi) is 1.14. The molecule has 0 aromatic carbocycles. The Labute approximate surface area is 36.0 Å². The molecule has 0 spiro atoms. The molecule has 0 aliphatic heterocycles. The Morgan fingerprint density at radius 1 is 1.60 bits per heavy atom. The fraction of sp³-hybridized carbons (Fsp3) is 1.00. The van der Waals surface area contributed by atoms with Gasteiger partial charge in [-0.1, -0.05) is 13.8 Å². The summed E-state index contributed by atoms with van der Waals surface area (Å²) < 4.78 is 0. The molecule has 0 heterocycles. The van der Waals surface area contributed by atoms with Crippen molar-refractivity contribution in [1.29, 1.82) is 0 Å². The molecular weight excluding hydrogens is 78.1 g/mol. The molecule has 5 heavy (non-hydrogen) atoms. The number of hydrogen-bond donors (Lipinski definition) is 1. The molecule has 0 saturated carbocycles. The van der Waals surface area contributed by atoms with Crippen molar-refractivity contribution in [1.82, 2.24) is 0 Å². The SMILES string of the molecule is CC(C)(N)[SiH3]. The molecule has 0 aliphatic rings. The van der Waals surface area contributed by atoms with Crippen molar-refractivity contribution in [2.45, 2.75) is 19.0 Å². The van der Waals surface area contributed by atoms with Crippen molar-refractivity contribution >= 4 is 10.2 Å². The van der Waals surface area contributed by atoms with Gasteiger partial charge in [-0.25, -0.2) is 0 Å². The van der Waals surface area contributed by atoms with Crippen LogP contribution in [0.15, 0.2) is 0 Å². The summed E-state index contributed by atoms with van der Waals surface area (Å²) in [4.78, 5) is 0. The molecule has 0 radical (unpaired) electrons. The molecule has 0 amide bonds. The zero-order valence-corrected chi connectivity index (χ0v) is 6.08. The third kappa shape index (κ3) is 633. The first-order valence-electron chi connectivity index (χ1n) is 1.79. The third-order valence-electron chi connectivity index (χ3n) is 0. The maximum Gasteiger partial charge on any atom is 0.0270 e. The molecular formula is C3H11NSi. The van der Waals surface area contributed by atoms with Crippen LogP contribution < -0.4 is 5.73 Å². The van der Waals surface area contributed by atoms with E-state index in [4.69, 9.17) is 5.73 Å². The van der Waals surface area contributed by atoms with Gasteiger partial charge in [0.25, 0.3) is 0 Å². The maximum atomic E-state index is 5.42. The fourth-order valence-corrected chi connectivity index (χ4v) is 0. The summed E-state index contributed by atoms with van der Waals surface area (Å²) in [6.07, 6.45) is 0. The summed E-state index contributed by atoms with van der Waals surface area (Å²) in [5.41, 5.74) is 5.42. The van der Waals surface area contributed by atoms with Gasteiger partial charge in [0.15, 0.2) is 0 Å². The van der Waals surface area contributed by atoms with Crippen LogP contribution in [-0.2, 0) is 0 Å². The van der Waals surface area contributed by atoms with Crippen LogP contribution in [0.3, 0.4) is 0 Å². The van der Waals surface area contributed by atoms with E-state index in [0.717, 1.165) is 10.2 Å². The van der Waals surface area contributed by atoms with Gasteiger partial charge in [0.2, 0.25) is 0 Å². The van der Waals surface area contributed by atoms with E-state index in [0.29, 0.717) is 0 Å². The van der Waals surface area contributed by atoms with Crippen LogP contribution >= 0.6 is 0 Å². The van der Waals surface area contributed by atoms with Crippen molar-refractivity contribution in [2.24, 2.45) is 5.73 Å². The Bertz CT molecular complexity index is 22.4. The second-order valence-corrected chi connectivity index (χ2v) is 4.94. The van der Waals surface area contributed by atoms with Gasteiger partial charge in [-0.15, -0.1) is 0 Å². The first-order valence-corrected chi connectivity index (χ1v) is 2.79. The zero-order valence-electron chi connectivity index (χ0n) is 4.08. The number of hydrogen-bond acceptors (Lipinski definition) is 1. The highest BCUT2D eigenvalue weighted by Gasteiger charge is 1.95. The Morgan fingerprint density at radius 2 is 1.60 bits per heavy atom. The van der Waals surface area contributed by atoms with E-state index in [-0.39, 0.29) is 5.16 Å². The molecule has 0 fully saturated rings. The van der Waals surface area contributed by atoms with E-state index < -0.39 is 0 Å². The lowest BCUT2D eigenvalue weighted by Gasteiger charge is -2.06. The first-order chi connectivity index (χ1) is 2.00. The van der Waals surface area contributed by atoms with Gasteiger partial charge in [-0.05, 0) is 5.16 Å². The van der Waals surface area contributed by atoms with Gasteiger partial charge in [0.05, 0.1) is 0 Å². The van der Waals surface area contributed by atoms with E-state index in [9.17, 15) is 0 Å². The Morgan fingerprint density at radius 3 is 1.60 bits per heavy atom. The third-order valence-corrected chi connectivity index (χ3v) is 0. The van der Waals surface area contributed by atoms with Gasteiger partial charge >= 0.3 is 0 Å². The Hall–Kier alpha value is 0.177. The minimum Gasteiger partial charge on any atom is -0.329 e. The van der Waals surface area contributed by atoms with Crippen molar-refractivity contribution in [3.8, 4) is 0 Å². The predicted molar refractivity (Wildman–Crippen MR) is 28.2 cm³/mol. The lowest BCUT2D eigenvalue weighted by Crippen LogP contribution is -2.31. The van der Waals surface area contributed by atoms with Gasteiger partial charge in [0.1, 0.15) is 0 Å². The average molecular weight is 89.2 g/mol. The van der Waals surface area contributed by atoms with Crippen molar-refractivity contribution in [3.63, 3.8) is 0 Å². The molecule has 0 saturated heterocycles. The Balaban J connectivity index is 3.02. The van der Waals surface area contributed by atoms with Crippen molar-refractivity contribution in [3.05, 3.63) is 0 Å². The van der Waals surface area contributed by atoms with Crippen LogP contribution in [0.4, 0.5) is 0 Å². The molecule has 2 N–H and O–H groups in total. The molecule has 0 aromatic heterocycles. The summed E-state index contributed by atoms with van der Waals surface area (Å²) in [6.45, 7) is 4.05. The second-order valence-electron chi connectivity index (χ2n) is 2.37. The number of nitrogens with two attached hydrogens (primary N) is 1. The monoisotopic (exact) mass is 89.1 g/mol. The van der Waals surface area contributed by atoms with E-state index in [1.54, 1.807) is 0 Å². The minimum atomic E-state index is 0.139. The summed E-state index contributed by atoms with van der Waals surface area (Å²) in [5.74, 6) is 0. The smallest absolute Gasteiger partial charge is 0.0270 e. The van der Waals surface area contributed by atoms with E-state index in [2.05, 4.69) is 0 Å². The first kappa shape index (κ1) is 5.18. The normalized spacial score (nSPS) is 12.6. The largest absolute Gasteiger partial charge is 0.329 e. The van der Waals surface area contributed by atoms with Gasteiger partial charge in [-0.2, -0.15) is 0 Å². The van der Waals surface area contributed by atoms with Crippen LogP contribution in [0.5, 0.6) is 0 Å². The standard InChI is InChI=1S/C3H11NSi/c1-3(2,4)5/h4H2,1-2,5H3. The highest BCUT2D eigenvalue weighted by molar-refractivity contribution is 6.14. The lowest BCUT2D eigenvalue weighted by atomic mass is 10.4. The van der Waals surface area contributed by atoms with Crippen LogP contribution in [0.25, 0.3) is 0 Å². The van der Waals surface area contributed by atoms with Crippen LogP contribution in [0, 0.1) is 0 Å². The highest BCUT2D eigenvalue weighted by atomic mass is 28.1. The topological polar surface area (TPSA) is 26.0 Å². The fourth-order valence-electron chi connectivity index (χ4n) is 0. The van der Waals surface area contributed by atoms with Crippen LogP contribution in [-0.4, -0.2) is 15.4 Å². The summed E-state index contributed by atoms with van der Waals surface area (Å²) in [7, 11) is 1.09. The number of rotatable bonds is 0. The maximum absolute atomic E-state index is 5.42. The summed E-state index contributed by atoms with van der Waals surface area (Å²) >= 11 is 0. The molecule has 0 atom stereocenters. The molecule has 2 heteroatoms. The van der Waals surface area contributed by atoms with Crippen molar-refractivity contribution in [2.75, 3.05) is 0 Å². The second kappa shape index (κ2) is 1.10. The molecule has 0 aliphatic carbocycles. The minimum absolute atomic E-state index is 0.139. The zero-order chi connectivity index (χ0) is 4.50. The van der Waals surface area contributed by atoms with Crippen molar-refractivity contribution < 1.29 is 0 Å². The average Bonchev–Trinajstić information content (AvgIpc) is 0.722. The van der Waals surface area contributed by atoms with Gasteiger partial charge < -0.3 is 5.73 Å². The lowest BCUT2D eigenvalue weighted by molar-refractivity contribution is 0.741. The predicted octanol–water partition coefficient (Wildman–Crippen LogP) is -0.953. The van der Waals surface area contributed by atoms with Gasteiger partial charge in [-0.3, -0.25) is 0 Å². The molecule has 0 unspecified atom stereocenters. The van der Waals surface area contributed by atoms with Crippen LogP contribution in [0.1, 0.15) is 13.8 Å². The highest BCUT2D eigenvalue weighted by Crippen LogP contribution is 1.81. The summed E-state index contributed by atoms with van der Waals surface area (Å²) in [6, 6.07) is 0. The quantitative estimate of drug-likeness (QED) is 0.380. The molecule has 0 rings (SSSR count). The van der Waals surface area contributed by atoms with Crippen LogP contribution in [0.2, 0.25) is 0 Å². The molecule has 1 nitrogen and oxygen atoms in total. The summed E-state index contributed by atoms with van der Waals surface area (Å²) in [5, 5.41) is 0.139. The van der Waals surface area contributed by atoms with E-state index in [1.165, 1.54) is 0 Å². The molecule has 0 aromatic rings. The van der Waals surface area contributed by atoms with E-state index in [1.807, 2.05) is 13.8 Å². The van der Waals surface area contributed by atoms with E-state index >= 15 is 0 Å². The van der Waals surface area contributed by atoms with Gasteiger partial charge in [0, 0.05) is 10.2 Å².